The molecule has 0 aliphatic carbocycles. The van der Waals surface area contributed by atoms with E-state index >= 15 is 0 Å². The standard InChI is InChI=1S/C44H36N6/c1-25-21-23-31(47-33-15-7-9-17-35(33)49-37-19-11-13-27(3)41(37)45-43(47)49)29(5)39(25)40-26(2)22-24-32(30(40)6)48-34-16-8-10-18-36(34)50-38-20-12-14-28(4)42(38)46-44(48)50/h7-24H,1-6H3/i3D3. The van der Waals surface area contributed by atoms with Gasteiger partial charge < -0.3 is 0 Å². The van der Waals surface area contributed by atoms with E-state index in [-0.39, 0.29) is 5.56 Å². The van der Waals surface area contributed by atoms with Crippen LogP contribution in [0.3, 0.4) is 0 Å². The molecule has 0 aliphatic rings. The number of para-hydroxylation sites is 6. The topological polar surface area (TPSA) is 44.5 Å². The van der Waals surface area contributed by atoms with Crippen molar-refractivity contribution in [2.24, 2.45) is 0 Å². The van der Waals surface area contributed by atoms with Gasteiger partial charge in [-0.1, -0.05) is 60.7 Å². The first-order valence-corrected chi connectivity index (χ1v) is 17.0. The number of fused-ring (bicyclic) bond motifs is 10. The summed E-state index contributed by atoms with van der Waals surface area (Å²) in [6.07, 6.45) is 0. The third kappa shape index (κ3) is 3.68. The lowest BCUT2D eigenvalue weighted by Crippen LogP contribution is -2.05. The molecule has 0 amide bonds. The molecular weight excluding hydrogens is 613 g/mol. The Labute approximate surface area is 293 Å². The molecule has 10 aromatic rings. The van der Waals surface area contributed by atoms with Gasteiger partial charge in [-0.2, -0.15) is 0 Å². The number of hydrogen-bond donors (Lipinski definition) is 0. The molecule has 0 atom stereocenters. The van der Waals surface area contributed by atoms with E-state index in [0.29, 0.717) is 11.3 Å². The van der Waals surface area contributed by atoms with Crippen molar-refractivity contribution in [2.75, 3.05) is 0 Å². The summed E-state index contributed by atoms with van der Waals surface area (Å²) in [7, 11) is 0. The van der Waals surface area contributed by atoms with Crippen LogP contribution >= 0.6 is 0 Å². The highest BCUT2D eigenvalue weighted by Gasteiger charge is 2.24. The molecule has 6 heteroatoms. The van der Waals surface area contributed by atoms with Crippen LogP contribution in [0, 0.1) is 41.5 Å². The van der Waals surface area contributed by atoms with Gasteiger partial charge in [-0.3, -0.25) is 17.9 Å². The number of imidazole rings is 4. The summed E-state index contributed by atoms with van der Waals surface area (Å²) in [5.74, 6) is 1.57. The summed E-state index contributed by atoms with van der Waals surface area (Å²) in [5.41, 5.74) is 18.0. The number of nitrogens with zero attached hydrogens (tertiary/aromatic N) is 6. The Morgan fingerprint density at radius 3 is 1.32 bits per heavy atom. The maximum absolute atomic E-state index is 8.25. The van der Waals surface area contributed by atoms with Gasteiger partial charge in [-0.25, -0.2) is 9.97 Å². The van der Waals surface area contributed by atoms with Gasteiger partial charge in [0.05, 0.1) is 55.5 Å². The minimum atomic E-state index is -2.29. The molecule has 0 aliphatic heterocycles. The molecule has 10 rings (SSSR count). The van der Waals surface area contributed by atoms with Crippen molar-refractivity contribution in [3.8, 4) is 22.5 Å². The molecule has 242 valence electrons. The Hall–Kier alpha value is -6.14. The van der Waals surface area contributed by atoms with Gasteiger partial charge in [-0.15, -0.1) is 0 Å². The first kappa shape index (κ1) is 25.8. The Kier molecular flexibility index (Phi) is 5.26. The fourth-order valence-corrected chi connectivity index (χ4v) is 8.39. The van der Waals surface area contributed by atoms with Crippen LogP contribution in [0.1, 0.15) is 37.5 Å². The highest BCUT2D eigenvalue weighted by Crippen LogP contribution is 2.41. The van der Waals surface area contributed by atoms with Crippen LogP contribution in [0.5, 0.6) is 0 Å². The highest BCUT2D eigenvalue weighted by atomic mass is 15.2. The van der Waals surface area contributed by atoms with E-state index in [1.807, 2.05) is 24.3 Å². The van der Waals surface area contributed by atoms with E-state index in [9.17, 15) is 0 Å². The van der Waals surface area contributed by atoms with E-state index < -0.39 is 6.85 Å². The molecule has 6 nitrogen and oxygen atoms in total. The minimum absolute atomic E-state index is 0.255. The lowest BCUT2D eigenvalue weighted by Gasteiger charge is -2.21. The van der Waals surface area contributed by atoms with Gasteiger partial charge >= 0.3 is 0 Å². The molecule has 0 bridgehead atoms. The van der Waals surface area contributed by atoms with Crippen LogP contribution in [0.15, 0.2) is 109 Å². The zero-order chi connectivity index (χ0) is 36.5. The molecule has 0 fully saturated rings. The summed E-state index contributed by atoms with van der Waals surface area (Å²) in [5, 5.41) is 0. The molecule has 50 heavy (non-hydrogen) atoms. The minimum Gasteiger partial charge on any atom is -0.278 e. The average Bonchev–Trinajstić information content (AvgIpc) is 3.87. The van der Waals surface area contributed by atoms with Gasteiger partial charge in [0.1, 0.15) is 0 Å². The van der Waals surface area contributed by atoms with Crippen molar-refractivity contribution in [2.45, 2.75) is 41.5 Å². The zero-order valence-corrected chi connectivity index (χ0v) is 28.6. The van der Waals surface area contributed by atoms with Gasteiger partial charge in [0.25, 0.3) is 0 Å². The maximum atomic E-state index is 8.25. The molecule has 4 heterocycles. The second kappa shape index (κ2) is 10.2. The Bertz CT molecular complexity index is 3170. The molecule has 0 unspecified atom stereocenters. The van der Waals surface area contributed by atoms with Crippen molar-refractivity contribution in [3.63, 3.8) is 0 Å². The molecule has 0 spiro atoms. The van der Waals surface area contributed by atoms with Gasteiger partial charge in [0.2, 0.25) is 11.6 Å². The van der Waals surface area contributed by atoms with Crippen molar-refractivity contribution < 1.29 is 4.11 Å². The summed E-state index contributed by atoms with van der Waals surface area (Å²) in [6, 6.07) is 37.4. The van der Waals surface area contributed by atoms with E-state index in [2.05, 4.69) is 131 Å². The quantitative estimate of drug-likeness (QED) is 0.191. The van der Waals surface area contributed by atoms with E-state index in [4.69, 9.17) is 14.1 Å². The van der Waals surface area contributed by atoms with Crippen LogP contribution in [0.4, 0.5) is 0 Å². The van der Waals surface area contributed by atoms with E-state index in [1.54, 1.807) is 6.07 Å². The monoisotopic (exact) mass is 651 g/mol. The van der Waals surface area contributed by atoms with Crippen LogP contribution in [-0.4, -0.2) is 27.9 Å². The Balaban J connectivity index is 1.25. The molecular formula is C44H36N6. The van der Waals surface area contributed by atoms with Crippen LogP contribution in [0.2, 0.25) is 0 Å². The van der Waals surface area contributed by atoms with E-state index in [0.717, 1.165) is 72.5 Å². The van der Waals surface area contributed by atoms with Gasteiger partial charge in [0.15, 0.2) is 0 Å². The first-order chi connectivity index (χ1) is 25.5. The van der Waals surface area contributed by atoms with Crippen molar-refractivity contribution in [3.05, 3.63) is 143 Å². The maximum Gasteiger partial charge on any atom is 0.220 e. The van der Waals surface area contributed by atoms with Crippen molar-refractivity contribution >= 4 is 55.7 Å². The Morgan fingerprint density at radius 1 is 0.420 bits per heavy atom. The predicted molar refractivity (Wildman–Crippen MR) is 206 cm³/mol. The first-order valence-electron chi connectivity index (χ1n) is 18.5. The number of benzene rings is 6. The van der Waals surface area contributed by atoms with Gasteiger partial charge in [-0.05, 0) is 135 Å². The lowest BCUT2D eigenvalue weighted by molar-refractivity contribution is 1.08. The predicted octanol–water partition coefficient (Wildman–Crippen LogP) is 10.7. The zero-order valence-electron chi connectivity index (χ0n) is 31.6. The van der Waals surface area contributed by atoms with Crippen LogP contribution < -0.4 is 0 Å². The normalized spacial score (nSPS) is 13.3. The largest absolute Gasteiger partial charge is 0.278 e. The average molecular weight is 652 g/mol. The SMILES string of the molecule is [2H]C([2H])([2H])c1cccc2c1nc1n(-c3ccc(C)c(-c4c(C)ccc(-n5c6ccccc6n6c7cccc(C)c7nc56)c4C)c3C)c3ccccc3n21. The van der Waals surface area contributed by atoms with Crippen LogP contribution in [0.25, 0.3) is 78.2 Å². The second-order valence-corrected chi connectivity index (χ2v) is 13.6. The third-order valence-electron chi connectivity index (χ3n) is 10.7. The van der Waals surface area contributed by atoms with Crippen molar-refractivity contribution in [1.82, 2.24) is 27.9 Å². The lowest BCUT2D eigenvalue weighted by atomic mass is 9.88. The van der Waals surface area contributed by atoms with Crippen molar-refractivity contribution in [1.29, 1.82) is 0 Å². The fourth-order valence-electron chi connectivity index (χ4n) is 8.39. The molecule has 4 aromatic heterocycles. The van der Waals surface area contributed by atoms with Crippen LogP contribution in [-0.2, 0) is 0 Å². The number of hydrogen-bond acceptors (Lipinski definition) is 2. The van der Waals surface area contributed by atoms with Gasteiger partial charge in [0, 0.05) is 4.11 Å². The summed E-state index contributed by atoms with van der Waals surface area (Å²) < 4.78 is 33.6. The third-order valence-corrected chi connectivity index (χ3v) is 10.7. The highest BCUT2D eigenvalue weighted by molar-refractivity contribution is 5.96. The number of aromatic nitrogens is 6. The molecule has 0 radical (unpaired) electrons. The Morgan fingerprint density at radius 2 is 0.840 bits per heavy atom. The number of aryl methyl sites for hydroxylation is 4. The molecule has 0 saturated heterocycles. The summed E-state index contributed by atoms with van der Waals surface area (Å²) in [6.45, 7) is 8.62. The summed E-state index contributed by atoms with van der Waals surface area (Å²) >= 11 is 0. The molecule has 0 saturated carbocycles. The molecule has 6 aromatic carbocycles. The summed E-state index contributed by atoms with van der Waals surface area (Å²) in [4.78, 5) is 10.3. The molecule has 0 N–H and O–H groups in total. The van der Waals surface area contributed by atoms with E-state index in [1.165, 1.54) is 22.3 Å². The second-order valence-electron chi connectivity index (χ2n) is 13.6. The number of rotatable bonds is 3. The fraction of sp³-hybridized carbons (Fsp3) is 0.136. The smallest absolute Gasteiger partial charge is 0.220 e.